The minimum atomic E-state index is -0.557. The Morgan fingerprint density at radius 1 is 1.17 bits per heavy atom. The van der Waals surface area contributed by atoms with Crippen molar-refractivity contribution in [3.63, 3.8) is 0 Å². The Morgan fingerprint density at radius 3 is 2.75 bits per heavy atom. The molecule has 0 saturated heterocycles. The molecule has 0 aliphatic heterocycles. The minimum absolute atomic E-state index is 0.138. The van der Waals surface area contributed by atoms with Crippen molar-refractivity contribution in [1.29, 1.82) is 0 Å². The Labute approximate surface area is 67.5 Å². The first-order valence-corrected chi connectivity index (χ1v) is 3.36. The van der Waals surface area contributed by atoms with Gasteiger partial charge < -0.3 is 5.11 Å². The van der Waals surface area contributed by atoms with E-state index >= 15 is 0 Å². The largest absolute Gasteiger partial charge is 0.508 e. The molecule has 60 valence electrons. The smallest absolute Gasteiger partial charge is 0.154 e. The summed E-state index contributed by atoms with van der Waals surface area (Å²) in [6, 6.07) is 2.38. The molecule has 0 fully saturated rings. The molecule has 0 atom stereocenters. The van der Waals surface area contributed by atoms with Crippen molar-refractivity contribution in [2.75, 3.05) is 0 Å². The van der Waals surface area contributed by atoms with Crippen molar-refractivity contribution < 1.29 is 9.50 Å². The van der Waals surface area contributed by atoms with E-state index in [1.165, 1.54) is 18.5 Å². The molecule has 0 aliphatic rings. The van der Waals surface area contributed by atoms with Crippen LogP contribution in [0.25, 0.3) is 11.0 Å². The monoisotopic (exact) mass is 164 g/mol. The number of phenols is 1. The second-order valence-electron chi connectivity index (χ2n) is 2.35. The maximum atomic E-state index is 13.0. The number of hydrogen-bond donors (Lipinski definition) is 1. The van der Waals surface area contributed by atoms with E-state index in [1.807, 2.05) is 0 Å². The van der Waals surface area contributed by atoms with Gasteiger partial charge in [0.1, 0.15) is 11.3 Å². The number of halogens is 1. The lowest BCUT2D eigenvalue weighted by Crippen LogP contribution is -1.85. The van der Waals surface area contributed by atoms with Crippen LogP contribution in [0, 0.1) is 5.82 Å². The van der Waals surface area contributed by atoms with E-state index in [4.69, 9.17) is 5.11 Å². The van der Waals surface area contributed by atoms with Crippen LogP contribution in [0.3, 0.4) is 0 Å². The molecule has 4 heteroatoms. The van der Waals surface area contributed by atoms with Crippen LogP contribution in [0.1, 0.15) is 0 Å². The number of nitrogens with zero attached hydrogens (tertiary/aromatic N) is 2. The molecule has 1 heterocycles. The van der Waals surface area contributed by atoms with E-state index in [2.05, 4.69) is 9.97 Å². The van der Waals surface area contributed by atoms with E-state index in [1.54, 1.807) is 0 Å². The van der Waals surface area contributed by atoms with Gasteiger partial charge in [0.15, 0.2) is 5.82 Å². The van der Waals surface area contributed by atoms with Crippen LogP contribution in [-0.2, 0) is 0 Å². The highest BCUT2D eigenvalue weighted by atomic mass is 19.1. The SMILES string of the molecule is Oc1cc(F)c2nccnc2c1. The van der Waals surface area contributed by atoms with Crippen LogP contribution in [-0.4, -0.2) is 15.1 Å². The lowest BCUT2D eigenvalue weighted by molar-refractivity contribution is 0.470. The van der Waals surface area contributed by atoms with Crippen LogP contribution in [0.15, 0.2) is 24.5 Å². The van der Waals surface area contributed by atoms with Gasteiger partial charge in [-0.2, -0.15) is 0 Å². The van der Waals surface area contributed by atoms with E-state index in [0.717, 1.165) is 6.07 Å². The third-order valence-electron chi connectivity index (χ3n) is 1.51. The van der Waals surface area contributed by atoms with Gasteiger partial charge in [0, 0.05) is 24.5 Å². The van der Waals surface area contributed by atoms with E-state index in [9.17, 15) is 4.39 Å². The van der Waals surface area contributed by atoms with Crippen molar-refractivity contribution in [2.45, 2.75) is 0 Å². The van der Waals surface area contributed by atoms with Gasteiger partial charge in [-0.1, -0.05) is 0 Å². The summed E-state index contributed by atoms with van der Waals surface area (Å²) in [6.45, 7) is 0. The van der Waals surface area contributed by atoms with Gasteiger partial charge in [0.25, 0.3) is 0 Å². The summed E-state index contributed by atoms with van der Waals surface area (Å²) < 4.78 is 13.0. The first kappa shape index (κ1) is 6.97. The standard InChI is InChI=1S/C8H5FN2O/c9-6-3-5(12)4-7-8(6)11-2-1-10-7/h1-4,12H. The number of rotatable bonds is 0. The van der Waals surface area contributed by atoms with Gasteiger partial charge in [-0.15, -0.1) is 0 Å². The van der Waals surface area contributed by atoms with Gasteiger partial charge in [-0.25, -0.2) is 9.37 Å². The summed E-state index contributed by atoms with van der Waals surface area (Å²) in [7, 11) is 0. The van der Waals surface area contributed by atoms with Crippen molar-refractivity contribution in [1.82, 2.24) is 9.97 Å². The van der Waals surface area contributed by atoms with Crippen molar-refractivity contribution in [3.05, 3.63) is 30.3 Å². The highest BCUT2D eigenvalue weighted by Gasteiger charge is 2.03. The Balaban J connectivity index is 2.89. The van der Waals surface area contributed by atoms with Gasteiger partial charge in [-0.05, 0) is 0 Å². The first-order chi connectivity index (χ1) is 5.77. The molecule has 0 spiro atoms. The average Bonchev–Trinajstić information content (AvgIpc) is 2.04. The third kappa shape index (κ3) is 0.972. The zero-order chi connectivity index (χ0) is 8.55. The molecule has 1 N–H and O–H groups in total. The number of fused-ring (bicyclic) bond motifs is 1. The second kappa shape index (κ2) is 2.41. The second-order valence-corrected chi connectivity index (χ2v) is 2.35. The van der Waals surface area contributed by atoms with Gasteiger partial charge in [0.2, 0.25) is 0 Å². The van der Waals surface area contributed by atoms with Crippen LogP contribution < -0.4 is 0 Å². The Hall–Kier alpha value is -1.71. The van der Waals surface area contributed by atoms with E-state index < -0.39 is 5.82 Å². The van der Waals surface area contributed by atoms with Gasteiger partial charge in [-0.3, -0.25) is 4.98 Å². The predicted molar refractivity (Wildman–Crippen MR) is 41.2 cm³/mol. The van der Waals surface area contributed by atoms with Crippen molar-refractivity contribution in [3.8, 4) is 5.75 Å². The molecule has 0 aliphatic carbocycles. The van der Waals surface area contributed by atoms with Crippen LogP contribution in [0.2, 0.25) is 0 Å². The summed E-state index contributed by atoms with van der Waals surface area (Å²) in [6.07, 6.45) is 2.85. The topological polar surface area (TPSA) is 46.0 Å². The maximum absolute atomic E-state index is 13.0. The highest BCUT2D eigenvalue weighted by molar-refractivity contribution is 5.75. The maximum Gasteiger partial charge on any atom is 0.154 e. The molecule has 0 unspecified atom stereocenters. The van der Waals surface area contributed by atoms with E-state index in [0.29, 0.717) is 5.52 Å². The zero-order valence-corrected chi connectivity index (χ0v) is 6.03. The number of hydrogen-bond acceptors (Lipinski definition) is 3. The molecule has 2 rings (SSSR count). The average molecular weight is 164 g/mol. The van der Waals surface area contributed by atoms with Crippen LogP contribution >= 0.6 is 0 Å². The zero-order valence-electron chi connectivity index (χ0n) is 6.03. The molecule has 12 heavy (non-hydrogen) atoms. The molecule has 3 nitrogen and oxygen atoms in total. The molecule has 0 amide bonds. The number of aromatic nitrogens is 2. The van der Waals surface area contributed by atoms with Gasteiger partial charge in [0.05, 0.1) is 5.52 Å². The van der Waals surface area contributed by atoms with Crippen LogP contribution in [0.5, 0.6) is 5.75 Å². The lowest BCUT2D eigenvalue weighted by Gasteiger charge is -1.97. The molecular weight excluding hydrogens is 159 g/mol. The summed E-state index contributed by atoms with van der Waals surface area (Å²) in [5.74, 6) is -0.696. The first-order valence-electron chi connectivity index (χ1n) is 3.36. The summed E-state index contributed by atoms with van der Waals surface area (Å²) in [4.78, 5) is 7.61. The molecule has 1 aromatic heterocycles. The molecular formula is C8H5FN2O. The lowest BCUT2D eigenvalue weighted by atomic mass is 10.3. The molecule has 2 aromatic rings. The van der Waals surface area contributed by atoms with Gasteiger partial charge >= 0.3 is 0 Å². The Bertz CT molecular complexity index is 430. The molecule has 0 bridgehead atoms. The molecule has 0 radical (unpaired) electrons. The van der Waals surface area contributed by atoms with E-state index in [-0.39, 0.29) is 11.3 Å². The van der Waals surface area contributed by atoms with Crippen molar-refractivity contribution in [2.24, 2.45) is 0 Å². The normalized spacial score (nSPS) is 10.4. The summed E-state index contributed by atoms with van der Waals surface area (Å²) in [5, 5.41) is 9.00. The fraction of sp³-hybridized carbons (Fsp3) is 0. The van der Waals surface area contributed by atoms with Crippen molar-refractivity contribution >= 4 is 11.0 Å². The third-order valence-corrected chi connectivity index (χ3v) is 1.51. The number of benzene rings is 1. The summed E-state index contributed by atoms with van der Waals surface area (Å²) in [5.41, 5.74) is 0.533. The minimum Gasteiger partial charge on any atom is -0.508 e. The number of phenolic OH excluding ortho intramolecular Hbond substituents is 1. The highest BCUT2D eigenvalue weighted by Crippen LogP contribution is 2.19. The Morgan fingerprint density at radius 2 is 1.92 bits per heavy atom. The molecule has 0 saturated carbocycles. The van der Waals surface area contributed by atoms with Crippen LogP contribution in [0.4, 0.5) is 4.39 Å². The summed E-state index contributed by atoms with van der Waals surface area (Å²) >= 11 is 0. The fourth-order valence-corrected chi connectivity index (χ4v) is 1.02. The molecule has 1 aromatic carbocycles. The number of aromatic hydroxyl groups is 1. The fourth-order valence-electron chi connectivity index (χ4n) is 1.02. The Kier molecular flexibility index (Phi) is 1.40. The quantitative estimate of drug-likeness (QED) is 0.641. The predicted octanol–water partition coefficient (Wildman–Crippen LogP) is 1.47.